The minimum atomic E-state index is -0.841. The van der Waals surface area contributed by atoms with Crippen LogP contribution in [0.25, 0.3) is 0 Å². The van der Waals surface area contributed by atoms with Crippen LogP contribution < -0.4 is 0 Å². The van der Waals surface area contributed by atoms with E-state index in [-0.39, 0.29) is 11.4 Å². The van der Waals surface area contributed by atoms with Crippen LogP contribution in [0.3, 0.4) is 0 Å². The average molecular weight is 294 g/mol. The first-order valence-electron chi connectivity index (χ1n) is 8.05. The van der Waals surface area contributed by atoms with Gasteiger partial charge in [-0.05, 0) is 19.8 Å². The van der Waals surface area contributed by atoms with Gasteiger partial charge in [0, 0.05) is 31.6 Å². The van der Waals surface area contributed by atoms with Gasteiger partial charge in [0.2, 0.25) is 5.79 Å². The zero-order chi connectivity index (χ0) is 14.7. The van der Waals surface area contributed by atoms with Gasteiger partial charge >= 0.3 is 5.97 Å². The third-order valence-corrected chi connectivity index (χ3v) is 7.01. The van der Waals surface area contributed by atoms with E-state index in [4.69, 9.17) is 18.9 Å². The summed E-state index contributed by atoms with van der Waals surface area (Å²) in [5, 5.41) is 0. The highest BCUT2D eigenvalue weighted by atomic mass is 16.8. The Labute approximate surface area is 124 Å². The molecule has 5 fully saturated rings. The molecule has 2 saturated heterocycles. The van der Waals surface area contributed by atoms with Crippen LogP contribution in [-0.4, -0.2) is 36.4 Å². The fourth-order valence-corrected chi connectivity index (χ4v) is 6.71. The molecule has 5 aliphatic rings. The second-order valence-corrected chi connectivity index (χ2v) is 7.95. The zero-order valence-electron chi connectivity index (χ0n) is 12.9. The molecular weight excluding hydrogens is 272 g/mol. The van der Waals surface area contributed by atoms with Crippen molar-refractivity contribution in [3.05, 3.63) is 0 Å². The summed E-state index contributed by atoms with van der Waals surface area (Å²) in [5.41, 5.74) is -1.23. The molecule has 5 rings (SSSR count). The van der Waals surface area contributed by atoms with Gasteiger partial charge in [-0.3, -0.25) is 4.79 Å². The molecule has 116 valence electrons. The number of carbonyl (C=O) groups excluding carboxylic acids is 1. The lowest BCUT2D eigenvalue weighted by atomic mass is 9.25. The van der Waals surface area contributed by atoms with Gasteiger partial charge in [-0.15, -0.1) is 0 Å². The van der Waals surface area contributed by atoms with E-state index >= 15 is 0 Å². The SMILES string of the molecule is CC1(C)OC(=O)[C@]23CC4(OCCO4)[C@]24CCC[C@@H]4[C@]3(C)O1. The van der Waals surface area contributed by atoms with Crippen molar-refractivity contribution < 1.29 is 23.7 Å². The molecule has 4 atom stereocenters. The Hall–Kier alpha value is -0.650. The molecule has 21 heavy (non-hydrogen) atoms. The molecule has 3 saturated carbocycles. The fraction of sp³-hybridized carbons (Fsp3) is 0.938. The van der Waals surface area contributed by atoms with Gasteiger partial charge in [-0.25, -0.2) is 0 Å². The molecule has 5 heteroatoms. The van der Waals surface area contributed by atoms with Crippen molar-refractivity contribution in [3.8, 4) is 0 Å². The minimum absolute atomic E-state index is 0.107. The lowest BCUT2D eigenvalue weighted by Crippen LogP contribution is -2.94. The van der Waals surface area contributed by atoms with E-state index in [9.17, 15) is 4.79 Å². The van der Waals surface area contributed by atoms with E-state index in [1.807, 2.05) is 13.8 Å². The Morgan fingerprint density at radius 1 is 1.14 bits per heavy atom. The summed E-state index contributed by atoms with van der Waals surface area (Å²) < 4.78 is 24.0. The second kappa shape index (κ2) is 3.17. The number of carbonyl (C=O) groups is 1. The Morgan fingerprint density at radius 3 is 2.57 bits per heavy atom. The molecule has 0 bridgehead atoms. The van der Waals surface area contributed by atoms with Crippen molar-refractivity contribution >= 4 is 5.97 Å². The minimum Gasteiger partial charge on any atom is -0.433 e. The molecule has 0 aromatic carbocycles. The van der Waals surface area contributed by atoms with Crippen molar-refractivity contribution in [3.63, 3.8) is 0 Å². The summed E-state index contributed by atoms with van der Waals surface area (Å²) in [6.07, 6.45) is 3.75. The van der Waals surface area contributed by atoms with Crippen LogP contribution in [0, 0.1) is 16.7 Å². The summed E-state index contributed by atoms with van der Waals surface area (Å²) in [5.74, 6) is -1.18. The maximum absolute atomic E-state index is 12.9. The predicted octanol–water partition coefficient (Wildman–Crippen LogP) is 1.99. The first-order valence-corrected chi connectivity index (χ1v) is 8.05. The molecule has 0 unspecified atom stereocenters. The second-order valence-electron chi connectivity index (χ2n) is 7.95. The molecule has 3 spiro atoms. The molecule has 0 N–H and O–H groups in total. The van der Waals surface area contributed by atoms with Crippen molar-refractivity contribution in [2.75, 3.05) is 13.2 Å². The van der Waals surface area contributed by atoms with Crippen molar-refractivity contribution in [1.29, 1.82) is 0 Å². The van der Waals surface area contributed by atoms with Gasteiger partial charge in [-0.2, -0.15) is 0 Å². The predicted molar refractivity (Wildman–Crippen MR) is 71.1 cm³/mol. The fourth-order valence-electron chi connectivity index (χ4n) is 6.71. The van der Waals surface area contributed by atoms with Crippen LogP contribution in [0.4, 0.5) is 0 Å². The standard InChI is InChI=1S/C16H22O5/c1-12(2)20-11(17)15-9-16(18-7-8-19-16)14(15)6-4-5-10(14)13(15,3)21-12/h10H,4-9H2,1-3H3/t10-,13+,14+,15+/m1/s1. The summed E-state index contributed by atoms with van der Waals surface area (Å²) in [4.78, 5) is 12.9. The highest BCUT2D eigenvalue weighted by Gasteiger charge is 2.98. The first-order chi connectivity index (χ1) is 9.84. The van der Waals surface area contributed by atoms with Crippen molar-refractivity contribution in [2.45, 2.75) is 63.6 Å². The van der Waals surface area contributed by atoms with Gasteiger partial charge in [0.1, 0.15) is 5.41 Å². The zero-order valence-corrected chi connectivity index (χ0v) is 12.9. The summed E-state index contributed by atoms with van der Waals surface area (Å²) in [6, 6.07) is 0. The molecule has 0 aromatic heterocycles. The summed E-state index contributed by atoms with van der Waals surface area (Å²) >= 11 is 0. The smallest absolute Gasteiger partial charge is 0.318 e. The van der Waals surface area contributed by atoms with E-state index in [0.29, 0.717) is 25.6 Å². The van der Waals surface area contributed by atoms with E-state index in [0.717, 1.165) is 19.3 Å². The summed E-state index contributed by atoms with van der Waals surface area (Å²) in [7, 11) is 0. The largest absolute Gasteiger partial charge is 0.433 e. The normalized spacial score (nSPS) is 55.0. The Kier molecular flexibility index (Phi) is 1.94. The van der Waals surface area contributed by atoms with E-state index < -0.39 is 22.6 Å². The van der Waals surface area contributed by atoms with Crippen LogP contribution in [-0.2, 0) is 23.7 Å². The number of hydrogen-bond donors (Lipinski definition) is 0. The third kappa shape index (κ3) is 0.974. The third-order valence-electron chi connectivity index (χ3n) is 7.01. The quantitative estimate of drug-likeness (QED) is 0.640. The molecule has 0 radical (unpaired) electrons. The van der Waals surface area contributed by atoms with Crippen LogP contribution >= 0.6 is 0 Å². The van der Waals surface area contributed by atoms with Gasteiger partial charge in [0.25, 0.3) is 0 Å². The van der Waals surface area contributed by atoms with Gasteiger partial charge in [0.05, 0.1) is 18.8 Å². The Morgan fingerprint density at radius 2 is 1.86 bits per heavy atom. The molecule has 2 aliphatic heterocycles. The molecule has 0 amide bonds. The summed E-state index contributed by atoms with van der Waals surface area (Å²) in [6.45, 7) is 7.01. The Balaban J connectivity index is 1.66. The Bertz CT molecular complexity index is 551. The highest BCUT2D eigenvalue weighted by Crippen LogP contribution is 2.89. The highest BCUT2D eigenvalue weighted by molar-refractivity contribution is 5.86. The number of rotatable bonds is 0. The lowest BCUT2D eigenvalue weighted by molar-refractivity contribution is -0.513. The van der Waals surface area contributed by atoms with Crippen LogP contribution in [0.2, 0.25) is 0 Å². The van der Waals surface area contributed by atoms with E-state index in [2.05, 4.69) is 6.92 Å². The van der Waals surface area contributed by atoms with Crippen molar-refractivity contribution in [2.24, 2.45) is 16.7 Å². The van der Waals surface area contributed by atoms with Gasteiger partial charge in [-0.1, -0.05) is 6.42 Å². The number of hydrogen-bond acceptors (Lipinski definition) is 5. The van der Waals surface area contributed by atoms with E-state index in [1.54, 1.807) is 0 Å². The average Bonchev–Trinajstić information content (AvgIpc) is 3.01. The first kappa shape index (κ1) is 12.9. The number of ether oxygens (including phenoxy) is 4. The molecule has 0 aromatic rings. The monoisotopic (exact) mass is 294 g/mol. The number of fused-ring (bicyclic) bond motifs is 1. The molecular formula is C16H22O5. The van der Waals surface area contributed by atoms with Crippen molar-refractivity contribution in [1.82, 2.24) is 0 Å². The van der Waals surface area contributed by atoms with Crippen LogP contribution in [0.5, 0.6) is 0 Å². The van der Waals surface area contributed by atoms with Crippen LogP contribution in [0.1, 0.15) is 46.5 Å². The van der Waals surface area contributed by atoms with Crippen LogP contribution in [0.15, 0.2) is 0 Å². The number of esters is 1. The van der Waals surface area contributed by atoms with Gasteiger partial charge in [0.15, 0.2) is 5.79 Å². The maximum atomic E-state index is 12.9. The molecule has 5 nitrogen and oxygen atoms in total. The molecule has 2 heterocycles. The topological polar surface area (TPSA) is 54.0 Å². The lowest BCUT2D eigenvalue weighted by Gasteiger charge is -2.83. The maximum Gasteiger partial charge on any atom is 0.318 e. The molecule has 3 aliphatic carbocycles. The number of cyclic esters (lactones) is 1. The van der Waals surface area contributed by atoms with E-state index in [1.165, 1.54) is 0 Å². The van der Waals surface area contributed by atoms with Gasteiger partial charge < -0.3 is 18.9 Å².